The van der Waals surface area contributed by atoms with Crippen LogP contribution in [0.15, 0.2) is 30.3 Å². The number of carbonyl (C=O) groups excluding carboxylic acids is 4. The number of aliphatic carboxylic acids is 1. The molecule has 38 heavy (non-hydrogen) atoms. The summed E-state index contributed by atoms with van der Waals surface area (Å²) in [6.45, 7) is 3.62. The number of hydrogen-bond acceptors (Lipinski definition) is 12. The lowest BCUT2D eigenvalue weighted by molar-refractivity contribution is -0.304. The van der Waals surface area contributed by atoms with Crippen molar-refractivity contribution in [1.82, 2.24) is 5.06 Å². The van der Waals surface area contributed by atoms with Crippen LogP contribution in [0.25, 0.3) is 0 Å². The first kappa shape index (κ1) is 30.0. The maximum Gasteiger partial charge on any atom is 0.441 e. The molecule has 0 radical (unpaired) electrons. The number of esters is 3. The second-order valence-electron chi connectivity index (χ2n) is 7.97. The van der Waals surface area contributed by atoms with Crippen molar-refractivity contribution >= 4 is 35.9 Å². The Hall–Kier alpha value is -4.24. The Morgan fingerprint density at radius 1 is 0.868 bits per heavy atom. The molecule has 208 valence electrons. The normalized spacial score (nSPS) is 23.3. The summed E-state index contributed by atoms with van der Waals surface area (Å²) in [6.07, 6.45) is -8.78. The summed E-state index contributed by atoms with van der Waals surface area (Å²) < 4.78 is 26.6. The average molecular weight is 541 g/mol. The Bertz CT molecular complexity index is 1040. The van der Waals surface area contributed by atoms with Crippen LogP contribution in [-0.4, -0.2) is 94.6 Å². The molecule has 0 unspecified atom stereocenters. The molecule has 0 saturated carbocycles. The van der Waals surface area contributed by atoms with Crippen LogP contribution in [0.1, 0.15) is 38.1 Å². The molecule has 1 aliphatic rings. The number of rotatable bonds is 9. The quantitative estimate of drug-likeness (QED) is 0.252. The fourth-order valence-corrected chi connectivity index (χ4v) is 3.48. The Morgan fingerprint density at radius 2 is 1.39 bits per heavy atom. The van der Waals surface area contributed by atoms with Crippen LogP contribution >= 0.6 is 0 Å². The molecule has 1 aliphatic heterocycles. The molecule has 1 fully saturated rings. The Labute approximate surface area is 216 Å². The molecule has 1 amide bonds. The predicted molar refractivity (Wildman–Crippen MR) is 120 cm³/mol. The lowest BCUT2D eigenvalue weighted by atomic mass is 9.99. The van der Waals surface area contributed by atoms with Crippen LogP contribution in [0.5, 0.6) is 0 Å². The van der Waals surface area contributed by atoms with E-state index in [4.69, 9.17) is 28.5 Å². The highest BCUT2D eigenvalue weighted by Crippen LogP contribution is 2.29. The van der Waals surface area contributed by atoms with Gasteiger partial charge in [-0.25, -0.2) is 14.4 Å². The fourth-order valence-electron chi connectivity index (χ4n) is 3.48. The van der Waals surface area contributed by atoms with Crippen molar-refractivity contribution < 1.29 is 67.5 Å². The molecule has 1 aromatic rings. The second kappa shape index (κ2) is 13.3. The largest absolute Gasteiger partial charge is 0.480 e. The van der Waals surface area contributed by atoms with Crippen molar-refractivity contribution in [2.75, 3.05) is 6.61 Å². The van der Waals surface area contributed by atoms with Gasteiger partial charge in [0.1, 0.15) is 0 Å². The van der Waals surface area contributed by atoms with Crippen molar-refractivity contribution in [2.45, 2.75) is 64.4 Å². The van der Waals surface area contributed by atoms with Gasteiger partial charge in [-0.2, -0.15) is 0 Å². The third-order valence-electron chi connectivity index (χ3n) is 5.00. The van der Waals surface area contributed by atoms with E-state index in [-0.39, 0.29) is 10.6 Å². The van der Waals surface area contributed by atoms with E-state index in [0.717, 1.165) is 20.8 Å². The first-order chi connectivity index (χ1) is 17.8. The van der Waals surface area contributed by atoms with E-state index in [9.17, 15) is 39.0 Å². The van der Waals surface area contributed by atoms with Crippen molar-refractivity contribution in [3.05, 3.63) is 35.9 Å². The van der Waals surface area contributed by atoms with Crippen LogP contribution in [0.4, 0.5) is 4.79 Å². The van der Waals surface area contributed by atoms with Gasteiger partial charge >= 0.3 is 35.9 Å². The maximum atomic E-state index is 12.3. The van der Waals surface area contributed by atoms with Crippen molar-refractivity contribution in [2.24, 2.45) is 0 Å². The highest BCUT2D eigenvalue weighted by molar-refractivity contribution is 5.90. The Kier molecular flexibility index (Phi) is 10.5. The summed E-state index contributed by atoms with van der Waals surface area (Å²) in [6, 6.07) is 5.11. The van der Waals surface area contributed by atoms with Crippen molar-refractivity contribution in [1.29, 1.82) is 0 Å². The molecule has 1 heterocycles. The van der Waals surface area contributed by atoms with E-state index in [2.05, 4.69) is 0 Å². The lowest BCUT2D eigenvalue weighted by Gasteiger charge is -2.43. The molecular weight excluding hydrogens is 514 g/mol. The number of carbonyl (C=O) groups is 6. The fraction of sp³-hybridized carbons (Fsp3) is 0.478. The number of hydroxylamine groups is 2. The summed E-state index contributed by atoms with van der Waals surface area (Å²) in [5.41, 5.74) is -0.0519. The second-order valence-corrected chi connectivity index (χ2v) is 7.97. The van der Waals surface area contributed by atoms with E-state index in [0.29, 0.717) is 0 Å². The van der Waals surface area contributed by atoms with Gasteiger partial charge in [0.05, 0.1) is 18.3 Å². The van der Waals surface area contributed by atoms with E-state index < -0.39 is 79.3 Å². The molecule has 6 atom stereocenters. The van der Waals surface area contributed by atoms with Crippen LogP contribution in [0, 0.1) is 0 Å². The number of benzene rings is 1. The van der Waals surface area contributed by atoms with Gasteiger partial charge in [0.25, 0.3) is 0 Å². The molecule has 2 rings (SSSR count). The van der Waals surface area contributed by atoms with Crippen molar-refractivity contribution in [3.63, 3.8) is 0 Å². The number of carboxylic acids is 1. The van der Waals surface area contributed by atoms with Crippen LogP contribution < -0.4 is 0 Å². The molecule has 0 aliphatic carbocycles. The molecule has 0 spiro atoms. The number of ether oxygens (including phenoxy) is 5. The van der Waals surface area contributed by atoms with Crippen molar-refractivity contribution in [3.8, 4) is 0 Å². The van der Waals surface area contributed by atoms with Crippen LogP contribution in [0.2, 0.25) is 0 Å². The minimum absolute atomic E-state index is 0.0519. The summed E-state index contributed by atoms with van der Waals surface area (Å²) in [5, 5.41) is 19.1. The SMILES string of the molecule is CC(=O)O[C@H]1[C@H](OC(C)=O)[C@@H](OC[C@@H](C(=O)O)N(OC(=O)c2ccccc2)C(=O)O)O[C@@H](C)[C@H]1OC(C)=O. The minimum Gasteiger partial charge on any atom is -0.480 e. The predicted octanol–water partition coefficient (Wildman–Crippen LogP) is 0.748. The standard InChI is InChI=1S/C23H27NO14/c1-11-17(35-12(2)25)18(36-13(3)26)19(37-14(4)27)22(34-11)33-10-16(20(28)29)24(23(31)32)38-21(30)15-8-6-5-7-9-15/h5-9,11,16-19,22H,10H2,1-4H3,(H,28,29)(H,31,32)/t11-,16-,17+,18+,19-,22-/m0/s1. The molecule has 0 bridgehead atoms. The minimum atomic E-state index is -2.10. The van der Waals surface area contributed by atoms with Gasteiger partial charge in [0.2, 0.25) is 0 Å². The first-order valence-electron chi connectivity index (χ1n) is 11.1. The number of nitrogens with zero attached hydrogens (tertiary/aromatic N) is 1. The molecule has 1 aromatic carbocycles. The first-order valence-corrected chi connectivity index (χ1v) is 11.1. The summed E-state index contributed by atoms with van der Waals surface area (Å²) in [5.74, 6) is -5.37. The molecular formula is C23H27NO14. The van der Waals surface area contributed by atoms with E-state index in [1.54, 1.807) is 6.07 Å². The third kappa shape index (κ3) is 8.14. The summed E-state index contributed by atoms with van der Waals surface area (Å²) >= 11 is 0. The number of amides is 1. The smallest absolute Gasteiger partial charge is 0.441 e. The maximum absolute atomic E-state index is 12.3. The zero-order valence-electron chi connectivity index (χ0n) is 20.8. The number of hydrogen-bond donors (Lipinski definition) is 2. The Balaban J connectivity index is 2.30. The van der Waals surface area contributed by atoms with E-state index in [1.807, 2.05) is 0 Å². The Morgan fingerprint density at radius 3 is 1.89 bits per heavy atom. The van der Waals surface area contributed by atoms with Gasteiger partial charge in [-0.1, -0.05) is 18.2 Å². The average Bonchev–Trinajstić information content (AvgIpc) is 2.82. The van der Waals surface area contributed by atoms with Gasteiger partial charge < -0.3 is 38.7 Å². The molecule has 15 nitrogen and oxygen atoms in total. The van der Waals surface area contributed by atoms with Gasteiger partial charge in [-0.05, 0) is 19.1 Å². The number of carboxylic acid groups (broad SMARTS) is 2. The van der Waals surface area contributed by atoms with Gasteiger partial charge in [0.15, 0.2) is 30.6 Å². The topological polar surface area (TPSA) is 201 Å². The molecule has 1 saturated heterocycles. The third-order valence-corrected chi connectivity index (χ3v) is 5.00. The van der Waals surface area contributed by atoms with Gasteiger partial charge in [0, 0.05) is 20.8 Å². The molecule has 0 aromatic heterocycles. The summed E-state index contributed by atoms with van der Waals surface area (Å²) in [7, 11) is 0. The zero-order chi connectivity index (χ0) is 28.6. The monoisotopic (exact) mass is 541 g/mol. The molecule has 15 heteroatoms. The molecule has 2 N–H and O–H groups in total. The van der Waals surface area contributed by atoms with Crippen LogP contribution in [-0.2, 0) is 47.7 Å². The highest BCUT2D eigenvalue weighted by atomic mass is 16.8. The van der Waals surface area contributed by atoms with Crippen LogP contribution in [0.3, 0.4) is 0 Å². The lowest BCUT2D eigenvalue weighted by Crippen LogP contribution is -2.61. The zero-order valence-corrected chi connectivity index (χ0v) is 20.8. The van der Waals surface area contributed by atoms with Gasteiger partial charge in [-0.15, -0.1) is 5.06 Å². The van der Waals surface area contributed by atoms with Gasteiger partial charge in [-0.3, -0.25) is 14.4 Å². The van der Waals surface area contributed by atoms with E-state index >= 15 is 0 Å². The highest BCUT2D eigenvalue weighted by Gasteiger charge is 2.51. The summed E-state index contributed by atoms with van der Waals surface area (Å²) in [4.78, 5) is 75.9. The van der Waals surface area contributed by atoms with E-state index in [1.165, 1.54) is 31.2 Å².